The van der Waals surface area contributed by atoms with Crippen molar-refractivity contribution in [3.63, 3.8) is 0 Å². The maximum atomic E-state index is 12.3. The third kappa shape index (κ3) is 2.66. The van der Waals surface area contributed by atoms with Gasteiger partial charge in [0.25, 0.3) is 0 Å². The summed E-state index contributed by atoms with van der Waals surface area (Å²) in [5, 5.41) is 0. The number of rotatable bonds is 3. The lowest BCUT2D eigenvalue weighted by Gasteiger charge is -2.29. The first-order chi connectivity index (χ1) is 10.00. The van der Waals surface area contributed by atoms with Gasteiger partial charge in [0.2, 0.25) is 0 Å². The fraction of sp³-hybridized carbons (Fsp3) is 0.389. The molecular formula is C18H21NO2. The van der Waals surface area contributed by atoms with E-state index < -0.39 is 0 Å². The van der Waals surface area contributed by atoms with Gasteiger partial charge in [0.1, 0.15) is 0 Å². The number of methoxy groups -OCH3 is 1. The molecule has 0 spiro atoms. The number of benzene rings is 1. The maximum Gasteiger partial charge on any atom is 0.165 e. The van der Waals surface area contributed by atoms with Crippen LogP contribution in [0.15, 0.2) is 36.5 Å². The van der Waals surface area contributed by atoms with Gasteiger partial charge in [-0.3, -0.25) is 4.79 Å². The van der Waals surface area contributed by atoms with Gasteiger partial charge < -0.3 is 9.30 Å². The Balaban J connectivity index is 2.05. The highest BCUT2D eigenvalue weighted by atomic mass is 16.5. The van der Waals surface area contributed by atoms with Crippen LogP contribution in [0, 0.1) is 5.41 Å². The number of nitrogens with zero attached hydrogens (tertiary/aromatic N) is 1. The number of Topliss-reactive ketones (excluding diaryl/α,β-unsaturated/α-hetero) is 1. The van der Waals surface area contributed by atoms with E-state index in [1.54, 1.807) is 7.11 Å². The maximum absolute atomic E-state index is 12.3. The van der Waals surface area contributed by atoms with Crippen LogP contribution < -0.4 is 0 Å². The Hall–Kier alpha value is -1.87. The molecule has 1 aliphatic carbocycles. The Bertz CT molecular complexity index is 682. The van der Waals surface area contributed by atoms with Crippen molar-refractivity contribution >= 4 is 5.78 Å². The summed E-state index contributed by atoms with van der Waals surface area (Å²) >= 11 is 0. The van der Waals surface area contributed by atoms with Crippen molar-refractivity contribution in [2.45, 2.75) is 33.3 Å². The molecule has 1 aromatic carbocycles. The summed E-state index contributed by atoms with van der Waals surface area (Å²) in [5.41, 5.74) is 4.28. The second-order valence-electron chi connectivity index (χ2n) is 6.59. The minimum Gasteiger partial charge on any atom is -0.380 e. The zero-order chi connectivity index (χ0) is 15.0. The van der Waals surface area contributed by atoms with Gasteiger partial charge in [-0.05, 0) is 35.6 Å². The number of aromatic nitrogens is 1. The molecule has 3 nitrogen and oxygen atoms in total. The molecule has 110 valence electrons. The Kier molecular flexibility index (Phi) is 3.46. The quantitative estimate of drug-likeness (QED) is 0.858. The molecule has 1 heterocycles. The normalized spacial score (nSPS) is 16.8. The largest absolute Gasteiger partial charge is 0.380 e. The Morgan fingerprint density at radius 3 is 2.81 bits per heavy atom. The molecule has 0 saturated carbocycles. The summed E-state index contributed by atoms with van der Waals surface area (Å²) < 4.78 is 7.35. The van der Waals surface area contributed by atoms with Crippen LogP contribution in [0.1, 0.15) is 41.9 Å². The summed E-state index contributed by atoms with van der Waals surface area (Å²) in [4.78, 5) is 12.3. The van der Waals surface area contributed by atoms with Gasteiger partial charge in [-0.2, -0.15) is 0 Å². The highest BCUT2D eigenvalue weighted by Crippen LogP contribution is 2.36. The third-order valence-corrected chi connectivity index (χ3v) is 4.08. The Labute approximate surface area is 125 Å². The summed E-state index contributed by atoms with van der Waals surface area (Å²) in [6.07, 6.45) is 3.57. The second-order valence-corrected chi connectivity index (χ2v) is 6.59. The van der Waals surface area contributed by atoms with Gasteiger partial charge in [0.05, 0.1) is 6.61 Å². The summed E-state index contributed by atoms with van der Waals surface area (Å²) in [7, 11) is 1.70. The lowest BCUT2D eigenvalue weighted by Crippen LogP contribution is -2.27. The average molecular weight is 283 g/mol. The average Bonchev–Trinajstić information content (AvgIpc) is 2.82. The van der Waals surface area contributed by atoms with E-state index in [9.17, 15) is 4.79 Å². The SMILES string of the molecule is COCc1cccc(-n2ccc3c2CC(C)(C)CC3=O)c1. The van der Waals surface area contributed by atoms with E-state index in [1.165, 1.54) is 0 Å². The van der Waals surface area contributed by atoms with Gasteiger partial charge in [-0.1, -0.05) is 26.0 Å². The number of ketones is 1. The molecule has 0 N–H and O–H groups in total. The summed E-state index contributed by atoms with van der Waals surface area (Å²) in [6, 6.07) is 10.2. The summed E-state index contributed by atoms with van der Waals surface area (Å²) in [5.74, 6) is 0.257. The van der Waals surface area contributed by atoms with E-state index in [-0.39, 0.29) is 11.2 Å². The standard InChI is InChI=1S/C18H21NO2/c1-18(2)10-16-15(17(20)11-18)7-8-19(16)14-6-4-5-13(9-14)12-21-3/h4-9H,10-12H2,1-3H3. The van der Waals surface area contributed by atoms with Crippen LogP contribution in [0.2, 0.25) is 0 Å². The zero-order valence-corrected chi connectivity index (χ0v) is 12.8. The molecule has 1 aliphatic rings. The van der Waals surface area contributed by atoms with E-state index in [0.29, 0.717) is 13.0 Å². The molecule has 3 heteroatoms. The van der Waals surface area contributed by atoms with E-state index >= 15 is 0 Å². The lowest BCUT2D eigenvalue weighted by molar-refractivity contribution is 0.0911. The second kappa shape index (κ2) is 5.15. The van der Waals surface area contributed by atoms with Crippen LogP contribution in [-0.2, 0) is 17.8 Å². The van der Waals surface area contributed by atoms with Crippen LogP contribution in [-0.4, -0.2) is 17.5 Å². The predicted molar refractivity (Wildman–Crippen MR) is 82.9 cm³/mol. The molecule has 0 radical (unpaired) electrons. The van der Waals surface area contributed by atoms with Crippen LogP contribution in [0.25, 0.3) is 5.69 Å². The third-order valence-electron chi connectivity index (χ3n) is 4.08. The molecule has 0 saturated heterocycles. The fourth-order valence-corrected chi connectivity index (χ4v) is 3.15. The molecule has 3 rings (SSSR count). The first kappa shape index (κ1) is 14.1. The first-order valence-corrected chi connectivity index (χ1v) is 7.32. The molecule has 0 fully saturated rings. The van der Waals surface area contributed by atoms with Crippen molar-refractivity contribution in [2.24, 2.45) is 5.41 Å². The molecule has 0 amide bonds. The molecule has 0 unspecified atom stereocenters. The number of carbonyl (C=O) groups is 1. The highest BCUT2D eigenvalue weighted by molar-refractivity contribution is 5.99. The number of hydrogen-bond donors (Lipinski definition) is 0. The van der Waals surface area contributed by atoms with Crippen LogP contribution >= 0.6 is 0 Å². The van der Waals surface area contributed by atoms with E-state index in [0.717, 1.165) is 28.9 Å². The molecule has 21 heavy (non-hydrogen) atoms. The van der Waals surface area contributed by atoms with E-state index in [1.807, 2.05) is 18.3 Å². The predicted octanol–water partition coefficient (Wildman–Crippen LogP) is 3.78. The molecule has 0 atom stereocenters. The van der Waals surface area contributed by atoms with Crippen molar-refractivity contribution in [3.8, 4) is 5.69 Å². The van der Waals surface area contributed by atoms with Gasteiger partial charge >= 0.3 is 0 Å². The summed E-state index contributed by atoms with van der Waals surface area (Å²) in [6.45, 7) is 4.92. The fourth-order valence-electron chi connectivity index (χ4n) is 3.15. The van der Waals surface area contributed by atoms with Crippen molar-refractivity contribution in [1.82, 2.24) is 4.57 Å². The van der Waals surface area contributed by atoms with Gasteiger partial charge in [-0.15, -0.1) is 0 Å². The topological polar surface area (TPSA) is 31.2 Å². The first-order valence-electron chi connectivity index (χ1n) is 7.32. The number of ether oxygens (including phenoxy) is 1. The minimum atomic E-state index is 0.0321. The molecular weight excluding hydrogens is 262 g/mol. The molecule has 1 aromatic heterocycles. The highest BCUT2D eigenvalue weighted by Gasteiger charge is 2.33. The molecule has 0 aliphatic heterocycles. The molecule has 0 bridgehead atoms. The van der Waals surface area contributed by atoms with Crippen LogP contribution in [0.5, 0.6) is 0 Å². The van der Waals surface area contributed by atoms with Gasteiger partial charge in [-0.25, -0.2) is 0 Å². The number of fused-ring (bicyclic) bond motifs is 1. The monoisotopic (exact) mass is 283 g/mol. The minimum absolute atomic E-state index is 0.0321. The van der Waals surface area contributed by atoms with Crippen LogP contribution in [0.3, 0.4) is 0 Å². The smallest absolute Gasteiger partial charge is 0.165 e. The van der Waals surface area contributed by atoms with Crippen molar-refractivity contribution in [3.05, 3.63) is 53.3 Å². The molecule has 2 aromatic rings. The zero-order valence-electron chi connectivity index (χ0n) is 12.8. The van der Waals surface area contributed by atoms with Gasteiger partial charge in [0, 0.05) is 36.7 Å². The van der Waals surface area contributed by atoms with Crippen molar-refractivity contribution in [2.75, 3.05) is 7.11 Å². The Morgan fingerprint density at radius 1 is 1.24 bits per heavy atom. The van der Waals surface area contributed by atoms with Crippen molar-refractivity contribution < 1.29 is 9.53 Å². The Morgan fingerprint density at radius 2 is 2.05 bits per heavy atom. The number of hydrogen-bond acceptors (Lipinski definition) is 2. The lowest BCUT2D eigenvalue weighted by atomic mass is 9.76. The van der Waals surface area contributed by atoms with E-state index in [4.69, 9.17) is 4.74 Å². The van der Waals surface area contributed by atoms with Crippen LogP contribution in [0.4, 0.5) is 0 Å². The number of carbonyl (C=O) groups excluding carboxylic acids is 1. The van der Waals surface area contributed by atoms with Gasteiger partial charge in [0.15, 0.2) is 5.78 Å². The van der Waals surface area contributed by atoms with E-state index in [2.05, 4.69) is 36.6 Å². The van der Waals surface area contributed by atoms with Crippen molar-refractivity contribution in [1.29, 1.82) is 0 Å².